The Hall–Kier alpha value is -4.12. The van der Waals surface area contributed by atoms with Crippen molar-refractivity contribution in [3.05, 3.63) is 122 Å². The molecule has 0 heterocycles. The molecule has 2 aliphatic rings. The highest BCUT2D eigenvalue weighted by molar-refractivity contribution is 6.44. The Morgan fingerprint density at radius 3 is 1.39 bits per heavy atom. The summed E-state index contributed by atoms with van der Waals surface area (Å²) in [4.78, 5) is 38.0. The lowest BCUT2D eigenvalue weighted by atomic mass is 9.71. The Labute approximate surface area is 224 Å². The first-order valence-corrected chi connectivity index (χ1v) is 12.7. The molecule has 0 amide bonds. The molecule has 0 fully saturated rings. The third-order valence-corrected chi connectivity index (χ3v) is 6.88. The standard InChI is InChI=1S/C33H33NO4/c1-20-8-10-21(11-9-20)26-16-23(17-27(30(26)35)22-12-14-25(15-13-22)34(37)38)24-18-28(32(2,3)4)31(36)29(19-24)33(5,6)7/h8-19H,1-7H3. The number of aryl methyl sites for hydroxylation is 1. The van der Waals surface area contributed by atoms with Gasteiger partial charge in [-0.2, -0.15) is 0 Å². The minimum Gasteiger partial charge on any atom is -0.289 e. The zero-order chi connectivity index (χ0) is 28.0. The van der Waals surface area contributed by atoms with E-state index in [4.69, 9.17) is 0 Å². The summed E-state index contributed by atoms with van der Waals surface area (Å²) in [5.74, 6) is -0.109. The number of nitro benzene ring substituents is 1. The Bertz CT molecular complexity index is 1460. The minimum absolute atomic E-state index is 0.0354. The highest BCUT2D eigenvalue weighted by Gasteiger charge is 2.35. The van der Waals surface area contributed by atoms with Crippen LogP contribution in [-0.2, 0) is 9.59 Å². The van der Waals surface area contributed by atoms with E-state index in [0.717, 1.165) is 33.4 Å². The van der Waals surface area contributed by atoms with Crippen molar-refractivity contribution in [3.8, 4) is 0 Å². The zero-order valence-electron chi connectivity index (χ0n) is 23.0. The summed E-state index contributed by atoms with van der Waals surface area (Å²) in [6.45, 7) is 14.2. The van der Waals surface area contributed by atoms with Crippen LogP contribution in [0.3, 0.4) is 0 Å². The molecular weight excluding hydrogens is 474 g/mol. The number of nitro groups is 1. The number of nitrogens with zero attached hydrogens (tertiary/aromatic N) is 1. The number of carbonyl (C=O) groups excluding carboxylic acids is 2. The number of Topliss-reactive ketones (excluding diaryl/α,β-unsaturated/α-hetero) is 2. The topological polar surface area (TPSA) is 77.3 Å². The summed E-state index contributed by atoms with van der Waals surface area (Å²) in [5, 5.41) is 11.2. The van der Waals surface area contributed by atoms with E-state index < -0.39 is 4.92 Å². The normalized spacial score (nSPS) is 16.6. The van der Waals surface area contributed by atoms with Gasteiger partial charge in [0.2, 0.25) is 0 Å². The Morgan fingerprint density at radius 2 is 1.00 bits per heavy atom. The molecule has 0 unspecified atom stereocenters. The fourth-order valence-electron chi connectivity index (χ4n) is 4.63. The van der Waals surface area contributed by atoms with Crippen molar-refractivity contribution < 1.29 is 14.5 Å². The molecule has 0 N–H and O–H groups in total. The first kappa shape index (κ1) is 26.9. The average molecular weight is 508 g/mol. The second-order valence-electron chi connectivity index (χ2n) is 12.0. The van der Waals surface area contributed by atoms with Crippen LogP contribution in [-0.4, -0.2) is 16.5 Å². The molecule has 0 radical (unpaired) electrons. The number of hydrogen-bond donors (Lipinski definition) is 0. The van der Waals surface area contributed by atoms with Crippen LogP contribution >= 0.6 is 0 Å². The molecular formula is C33H33NO4. The number of rotatable bonds is 3. The predicted molar refractivity (Wildman–Crippen MR) is 152 cm³/mol. The second-order valence-corrected chi connectivity index (χ2v) is 12.0. The van der Waals surface area contributed by atoms with Gasteiger partial charge in [-0.05, 0) is 76.5 Å². The van der Waals surface area contributed by atoms with Crippen molar-refractivity contribution in [2.75, 3.05) is 0 Å². The van der Waals surface area contributed by atoms with E-state index in [1.807, 2.05) is 97.0 Å². The smallest absolute Gasteiger partial charge is 0.269 e. The molecule has 0 spiro atoms. The Kier molecular flexibility index (Phi) is 6.83. The molecule has 38 heavy (non-hydrogen) atoms. The van der Waals surface area contributed by atoms with Crippen molar-refractivity contribution in [3.63, 3.8) is 0 Å². The molecule has 0 aliphatic heterocycles. The lowest BCUT2D eigenvalue weighted by molar-refractivity contribution is -0.384. The van der Waals surface area contributed by atoms with Gasteiger partial charge in [0.05, 0.1) is 4.92 Å². The quantitative estimate of drug-likeness (QED) is 0.314. The van der Waals surface area contributed by atoms with Crippen LogP contribution in [0.4, 0.5) is 5.69 Å². The molecule has 2 aromatic rings. The fourth-order valence-corrected chi connectivity index (χ4v) is 4.63. The lowest BCUT2D eigenvalue weighted by Crippen LogP contribution is -2.28. The number of hydrogen-bond acceptors (Lipinski definition) is 4. The molecule has 0 atom stereocenters. The van der Waals surface area contributed by atoms with Gasteiger partial charge < -0.3 is 0 Å². The first-order valence-electron chi connectivity index (χ1n) is 12.7. The molecule has 4 rings (SSSR count). The van der Waals surface area contributed by atoms with Gasteiger partial charge in [0.1, 0.15) is 0 Å². The highest BCUT2D eigenvalue weighted by Crippen LogP contribution is 2.41. The van der Waals surface area contributed by atoms with Crippen molar-refractivity contribution >= 4 is 28.4 Å². The average Bonchev–Trinajstić information content (AvgIpc) is 2.83. The van der Waals surface area contributed by atoms with Crippen molar-refractivity contribution in [1.29, 1.82) is 0 Å². The fraction of sp³-hybridized carbons (Fsp3) is 0.273. The van der Waals surface area contributed by atoms with Crippen LogP contribution in [0, 0.1) is 27.9 Å². The first-order chi connectivity index (χ1) is 17.7. The third-order valence-electron chi connectivity index (χ3n) is 6.88. The Balaban J connectivity index is 2.01. The molecule has 5 nitrogen and oxygen atoms in total. The van der Waals surface area contributed by atoms with E-state index in [9.17, 15) is 19.7 Å². The van der Waals surface area contributed by atoms with Gasteiger partial charge in [-0.15, -0.1) is 0 Å². The number of non-ortho nitro benzene ring substituents is 1. The van der Waals surface area contributed by atoms with Gasteiger partial charge in [0.25, 0.3) is 5.69 Å². The molecule has 2 aliphatic carbocycles. The summed E-state index contributed by atoms with van der Waals surface area (Å²) in [6.07, 6.45) is 7.60. The maximum absolute atomic E-state index is 13.8. The van der Waals surface area contributed by atoms with E-state index in [0.29, 0.717) is 16.7 Å². The van der Waals surface area contributed by atoms with Gasteiger partial charge in [-0.1, -0.05) is 71.4 Å². The molecule has 0 saturated carbocycles. The van der Waals surface area contributed by atoms with Crippen LogP contribution in [0.1, 0.15) is 58.2 Å². The Morgan fingerprint density at radius 1 is 0.605 bits per heavy atom. The van der Waals surface area contributed by atoms with Crippen LogP contribution < -0.4 is 0 Å². The number of ketones is 2. The molecule has 0 saturated heterocycles. The minimum atomic E-state index is -0.456. The van der Waals surface area contributed by atoms with Gasteiger partial charge in [0.15, 0.2) is 11.6 Å². The van der Waals surface area contributed by atoms with E-state index in [1.54, 1.807) is 12.1 Å². The lowest BCUT2D eigenvalue weighted by Gasteiger charge is -2.32. The highest BCUT2D eigenvalue weighted by atomic mass is 16.6. The van der Waals surface area contributed by atoms with Crippen LogP contribution in [0.5, 0.6) is 0 Å². The van der Waals surface area contributed by atoms with Gasteiger partial charge in [-0.25, -0.2) is 0 Å². The maximum Gasteiger partial charge on any atom is 0.269 e. The molecule has 5 heteroatoms. The molecule has 0 aromatic heterocycles. The van der Waals surface area contributed by atoms with E-state index in [2.05, 4.69) is 0 Å². The zero-order valence-corrected chi connectivity index (χ0v) is 23.0. The number of allylic oxidation sites excluding steroid dienone is 10. The van der Waals surface area contributed by atoms with Crippen LogP contribution in [0.25, 0.3) is 11.1 Å². The molecule has 0 bridgehead atoms. The number of benzene rings is 2. The summed E-state index contributed by atoms with van der Waals surface area (Å²) in [6, 6.07) is 13.8. The van der Waals surface area contributed by atoms with Crippen LogP contribution in [0.2, 0.25) is 0 Å². The second kappa shape index (κ2) is 9.64. The predicted octanol–water partition coefficient (Wildman–Crippen LogP) is 7.78. The van der Waals surface area contributed by atoms with Gasteiger partial charge >= 0.3 is 0 Å². The van der Waals surface area contributed by atoms with E-state index in [-0.39, 0.29) is 28.1 Å². The van der Waals surface area contributed by atoms with Crippen molar-refractivity contribution in [2.24, 2.45) is 10.8 Å². The summed E-state index contributed by atoms with van der Waals surface area (Å²) in [7, 11) is 0. The third kappa shape index (κ3) is 5.28. The van der Waals surface area contributed by atoms with Crippen molar-refractivity contribution in [1.82, 2.24) is 0 Å². The number of carbonyl (C=O) groups is 2. The van der Waals surface area contributed by atoms with Gasteiger partial charge in [0, 0.05) is 34.4 Å². The van der Waals surface area contributed by atoms with Crippen molar-refractivity contribution in [2.45, 2.75) is 48.5 Å². The molecule has 194 valence electrons. The SMILES string of the molecule is Cc1ccc(C2=CC(=C3C=C(C(C)(C)C)C(=O)C(C(C)(C)C)=C3)C=C(c3ccc([N+](=O)[O-])cc3)C2=O)cc1. The monoisotopic (exact) mass is 507 g/mol. The van der Waals surface area contributed by atoms with E-state index in [1.165, 1.54) is 12.1 Å². The van der Waals surface area contributed by atoms with Crippen LogP contribution in [0.15, 0.2) is 95.1 Å². The summed E-state index contributed by atoms with van der Waals surface area (Å²) in [5.41, 5.74) is 5.81. The maximum atomic E-state index is 13.8. The summed E-state index contributed by atoms with van der Waals surface area (Å²) >= 11 is 0. The molecule has 2 aromatic carbocycles. The van der Waals surface area contributed by atoms with Gasteiger partial charge in [-0.3, -0.25) is 19.7 Å². The van der Waals surface area contributed by atoms with E-state index >= 15 is 0 Å². The largest absolute Gasteiger partial charge is 0.289 e. The summed E-state index contributed by atoms with van der Waals surface area (Å²) < 4.78 is 0.